The Kier molecular flexibility index (Phi) is 4.70. The number of aliphatic carboxylic acids is 1. The van der Waals surface area contributed by atoms with Gasteiger partial charge in [-0.25, -0.2) is 4.79 Å². The number of phenolic OH excluding ortho intramolecular Hbond substituents is 3. The maximum Gasteiger partial charge on any atom is 0.326 e. The number of amides is 1. The third-order valence-corrected chi connectivity index (χ3v) is 3.22. The number of hydrogen-bond donors (Lipinski definition) is 5. The van der Waals surface area contributed by atoms with Crippen molar-refractivity contribution >= 4 is 11.9 Å². The van der Waals surface area contributed by atoms with Gasteiger partial charge in [0, 0.05) is 12.0 Å². The van der Waals surface area contributed by atoms with E-state index in [-0.39, 0.29) is 12.0 Å². The van der Waals surface area contributed by atoms with Gasteiger partial charge in [-0.1, -0.05) is 30.3 Å². The van der Waals surface area contributed by atoms with E-state index in [1.54, 1.807) is 30.3 Å². The molecule has 0 radical (unpaired) electrons. The van der Waals surface area contributed by atoms with E-state index in [0.29, 0.717) is 0 Å². The van der Waals surface area contributed by atoms with Crippen LogP contribution >= 0.6 is 0 Å². The van der Waals surface area contributed by atoms with E-state index in [1.807, 2.05) is 0 Å². The van der Waals surface area contributed by atoms with Crippen LogP contribution in [0.1, 0.15) is 15.9 Å². The highest BCUT2D eigenvalue weighted by molar-refractivity contribution is 5.97. The van der Waals surface area contributed by atoms with Gasteiger partial charge in [-0.15, -0.1) is 0 Å². The number of rotatable bonds is 5. The van der Waals surface area contributed by atoms with Crippen LogP contribution in [0.2, 0.25) is 0 Å². The van der Waals surface area contributed by atoms with Crippen LogP contribution in [0.5, 0.6) is 17.2 Å². The molecule has 0 spiro atoms. The van der Waals surface area contributed by atoms with E-state index in [1.165, 1.54) is 0 Å². The van der Waals surface area contributed by atoms with Gasteiger partial charge in [0.05, 0.1) is 0 Å². The van der Waals surface area contributed by atoms with Gasteiger partial charge in [0.25, 0.3) is 5.91 Å². The molecule has 0 bridgehead atoms. The second-order valence-electron chi connectivity index (χ2n) is 4.92. The van der Waals surface area contributed by atoms with Crippen molar-refractivity contribution in [3.05, 3.63) is 53.6 Å². The highest BCUT2D eigenvalue weighted by atomic mass is 16.4. The van der Waals surface area contributed by atoms with Crippen molar-refractivity contribution in [1.82, 2.24) is 5.32 Å². The van der Waals surface area contributed by atoms with Crippen LogP contribution in [-0.4, -0.2) is 38.3 Å². The molecule has 0 fully saturated rings. The number of phenols is 3. The minimum absolute atomic E-state index is 0.0813. The Morgan fingerprint density at radius 2 is 1.57 bits per heavy atom. The fraction of sp³-hybridized carbons (Fsp3) is 0.125. The van der Waals surface area contributed by atoms with Crippen molar-refractivity contribution in [1.29, 1.82) is 0 Å². The summed E-state index contributed by atoms with van der Waals surface area (Å²) in [6.45, 7) is 0. The molecule has 0 saturated carbocycles. The molecule has 5 N–H and O–H groups in total. The van der Waals surface area contributed by atoms with Crippen molar-refractivity contribution in [3.8, 4) is 17.2 Å². The largest absolute Gasteiger partial charge is 0.504 e. The van der Waals surface area contributed by atoms with E-state index in [9.17, 15) is 30.0 Å². The molecule has 23 heavy (non-hydrogen) atoms. The minimum Gasteiger partial charge on any atom is -0.504 e. The Morgan fingerprint density at radius 3 is 2.09 bits per heavy atom. The molecule has 2 rings (SSSR count). The summed E-state index contributed by atoms with van der Waals surface area (Å²) < 4.78 is 0. The van der Waals surface area contributed by atoms with E-state index >= 15 is 0 Å². The maximum atomic E-state index is 12.1. The molecule has 2 aromatic rings. The molecular weight excluding hydrogens is 302 g/mol. The molecule has 0 aliphatic carbocycles. The zero-order chi connectivity index (χ0) is 17.0. The van der Waals surface area contributed by atoms with Crippen LogP contribution in [0.25, 0.3) is 0 Å². The maximum absolute atomic E-state index is 12.1. The number of aromatic hydroxyl groups is 3. The predicted molar refractivity (Wildman–Crippen MR) is 80.5 cm³/mol. The first-order valence-corrected chi connectivity index (χ1v) is 6.71. The van der Waals surface area contributed by atoms with Gasteiger partial charge in [0.15, 0.2) is 17.2 Å². The topological polar surface area (TPSA) is 127 Å². The molecule has 0 unspecified atom stereocenters. The summed E-state index contributed by atoms with van der Waals surface area (Å²) in [7, 11) is 0. The normalized spacial score (nSPS) is 11.7. The van der Waals surface area contributed by atoms with Crippen molar-refractivity contribution in [2.75, 3.05) is 0 Å². The van der Waals surface area contributed by atoms with Gasteiger partial charge < -0.3 is 25.7 Å². The fourth-order valence-corrected chi connectivity index (χ4v) is 2.03. The number of nitrogens with one attached hydrogen (secondary N) is 1. The van der Waals surface area contributed by atoms with Crippen LogP contribution in [0.15, 0.2) is 42.5 Å². The zero-order valence-corrected chi connectivity index (χ0v) is 11.9. The van der Waals surface area contributed by atoms with Crippen molar-refractivity contribution in [2.45, 2.75) is 12.5 Å². The van der Waals surface area contributed by atoms with Gasteiger partial charge in [-0.05, 0) is 17.7 Å². The van der Waals surface area contributed by atoms with Crippen molar-refractivity contribution in [2.24, 2.45) is 0 Å². The summed E-state index contributed by atoms with van der Waals surface area (Å²) in [5.74, 6) is -4.11. The molecule has 0 saturated heterocycles. The molecule has 0 aromatic heterocycles. The summed E-state index contributed by atoms with van der Waals surface area (Å²) in [5.41, 5.74) is 0.564. The predicted octanol–water partition coefficient (Wildman–Crippen LogP) is 1.23. The zero-order valence-electron chi connectivity index (χ0n) is 11.9. The molecule has 7 heteroatoms. The Labute approximate surface area is 131 Å². The standard InChI is InChI=1S/C16H15NO6/c18-12-7-10(8-13(19)14(12)20)15(21)17-11(16(22)23)6-9-4-2-1-3-5-9/h1-5,7-8,11,18-20H,6H2,(H,17,21)(H,22,23)/t11-/m0/s1. The second-order valence-corrected chi connectivity index (χ2v) is 4.92. The number of hydrogen-bond acceptors (Lipinski definition) is 5. The van der Waals surface area contributed by atoms with E-state index in [4.69, 9.17) is 0 Å². The lowest BCUT2D eigenvalue weighted by atomic mass is 10.1. The van der Waals surface area contributed by atoms with Gasteiger partial charge in [0.1, 0.15) is 6.04 Å². The first-order chi connectivity index (χ1) is 10.9. The molecule has 0 heterocycles. The van der Waals surface area contributed by atoms with Gasteiger partial charge in [-0.2, -0.15) is 0 Å². The number of carbonyl (C=O) groups excluding carboxylic acids is 1. The summed E-state index contributed by atoms with van der Waals surface area (Å²) in [6.07, 6.45) is 0.0813. The number of carbonyl (C=O) groups is 2. The average molecular weight is 317 g/mol. The first-order valence-electron chi connectivity index (χ1n) is 6.71. The Morgan fingerprint density at radius 1 is 1.00 bits per heavy atom. The summed E-state index contributed by atoms with van der Waals surface area (Å²) in [4.78, 5) is 23.4. The monoisotopic (exact) mass is 317 g/mol. The molecule has 120 valence electrons. The Hall–Kier alpha value is -3.22. The molecule has 2 aromatic carbocycles. The minimum atomic E-state index is -1.21. The molecule has 1 atom stereocenters. The quantitative estimate of drug-likeness (QED) is 0.528. The average Bonchev–Trinajstić information content (AvgIpc) is 2.52. The van der Waals surface area contributed by atoms with Crippen molar-refractivity contribution in [3.63, 3.8) is 0 Å². The number of carboxylic acids is 1. The lowest BCUT2D eigenvalue weighted by Gasteiger charge is -2.15. The second kappa shape index (κ2) is 6.69. The van der Waals surface area contributed by atoms with Crippen LogP contribution in [0, 0.1) is 0 Å². The SMILES string of the molecule is O=C(N[C@@H](Cc1ccccc1)C(=O)O)c1cc(O)c(O)c(O)c1. The van der Waals surface area contributed by atoms with E-state index in [0.717, 1.165) is 17.7 Å². The third kappa shape index (κ3) is 3.91. The first kappa shape index (κ1) is 16.2. The Bertz CT molecular complexity index is 706. The molecule has 7 nitrogen and oxygen atoms in total. The van der Waals surface area contributed by atoms with Crippen molar-refractivity contribution < 1.29 is 30.0 Å². The molecule has 0 aliphatic rings. The lowest BCUT2D eigenvalue weighted by molar-refractivity contribution is -0.139. The highest BCUT2D eigenvalue weighted by Crippen LogP contribution is 2.35. The van der Waals surface area contributed by atoms with Gasteiger partial charge >= 0.3 is 5.97 Å². The Balaban J connectivity index is 2.17. The summed E-state index contributed by atoms with van der Waals surface area (Å²) in [5, 5.41) is 39.6. The van der Waals surface area contributed by atoms with Gasteiger partial charge in [0.2, 0.25) is 0 Å². The third-order valence-electron chi connectivity index (χ3n) is 3.22. The highest BCUT2D eigenvalue weighted by Gasteiger charge is 2.22. The number of benzene rings is 2. The van der Waals surface area contributed by atoms with Crippen LogP contribution < -0.4 is 5.32 Å². The molecule has 1 amide bonds. The lowest BCUT2D eigenvalue weighted by Crippen LogP contribution is -2.42. The smallest absolute Gasteiger partial charge is 0.326 e. The van der Waals surface area contributed by atoms with Crippen LogP contribution in [-0.2, 0) is 11.2 Å². The molecular formula is C16H15NO6. The van der Waals surface area contributed by atoms with Gasteiger partial charge in [-0.3, -0.25) is 4.79 Å². The summed E-state index contributed by atoms with van der Waals surface area (Å²) >= 11 is 0. The fourth-order valence-electron chi connectivity index (χ4n) is 2.03. The van der Waals surface area contributed by atoms with E-state index in [2.05, 4.69) is 5.32 Å². The van der Waals surface area contributed by atoms with Crippen LogP contribution in [0.3, 0.4) is 0 Å². The van der Waals surface area contributed by atoms with Crippen LogP contribution in [0.4, 0.5) is 0 Å². The number of carboxylic acid groups (broad SMARTS) is 1. The molecule has 0 aliphatic heterocycles. The van der Waals surface area contributed by atoms with E-state index < -0.39 is 35.2 Å². The summed E-state index contributed by atoms with van der Waals surface area (Å²) in [6, 6.07) is 9.47.